The SMILES string of the molecule is CCc1cnn2c(NCc3ccc(OC)cc3)nc(N3CCNCC3)nc12. The summed E-state index contributed by atoms with van der Waals surface area (Å²) >= 11 is 0. The van der Waals surface area contributed by atoms with E-state index >= 15 is 0 Å². The van der Waals surface area contributed by atoms with Gasteiger partial charge in [0.25, 0.3) is 0 Å². The van der Waals surface area contributed by atoms with Crippen LogP contribution >= 0.6 is 0 Å². The van der Waals surface area contributed by atoms with E-state index in [1.807, 2.05) is 30.5 Å². The molecule has 0 bridgehead atoms. The molecule has 3 heterocycles. The molecule has 2 aromatic heterocycles. The van der Waals surface area contributed by atoms with Gasteiger partial charge in [0.1, 0.15) is 5.75 Å². The third-order valence-corrected chi connectivity index (χ3v) is 4.82. The van der Waals surface area contributed by atoms with Crippen LogP contribution in [0.5, 0.6) is 5.75 Å². The number of aryl methyl sites for hydroxylation is 1. The number of methoxy groups -OCH3 is 1. The van der Waals surface area contributed by atoms with Crippen LogP contribution in [0.3, 0.4) is 0 Å². The quantitative estimate of drug-likeness (QED) is 0.687. The maximum Gasteiger partial charge on any atom is 0.230 e. The minimum Gasteiger partial charge on any atom is -0.497 e. The Morgan fingerprint density at radius 3 is 2.63 bits per heavy atom. The second kappa shape index (κ2) is 7.79. The van der Waals surface area contributed by atoms with E-state index in [2.05, 4.69) is 27.6 Å². The first-order chi connectivity index (χ1) is 13.3. The number of rotatable bonds is 6. The van der Waals surface area contributed by atoms with E-state index in [9.17, 15) is 0 Å². The molecule has 0 spiro atoms. The zero-order chi connectivity index (χ0) is 18.6. The van der Waals surface area contributed by atoms with Gasteiger partial charge < -0.3 is 20.3 Å². The van der Waals surface area contributed by atoms with Crippen LogP contribution < -0.4 is 20.3 Å². The average Bonchev–Trinajstić information content (AvgIpc) is 3.16. The molecular weight excluding hydrogens is 342 g/mol. The molecule has 142 valence electrons. The van der Waals surface area contributed by atoms with E-state index in [0.717, 1.165) is 61.1 Å². The van der Waals surface area contributed by atoms with E-state index in [1.54, 1.807) is 11.6 Å². The molecule has 1 saturated heterocycles. The van der Waals surface area contributed by atoms with E-state index in [0.29, 0.717) is 12.5 Å². The fraction of sp³-hybridized carbons (Fsp3) is 0.421. The van der Waals surface area contributed by atoms with Gasteiger partial charge in [-0.05, 0) is 24.1 Å². The standard InChI is InChI=1S/C19H25N7O/c1-3-15-13-22-26-17(15)23-19(25-10-8-20-9-11-25)24-18(26)21-12-14-4-6-16(27-2)7-5-14/h4-7,13,20H,3,8-12H2,1-2H3,(H,21,23,24). The third kappa shape index (κ3) is 3.66. The second-order valence-electron chi connectivity index (χ2n) is 6.54. The van der Waals surface area contributed by atoms with Gasteiger partial charge in [-0.2, -0.15) is 19.6 Å². The van der Waals surface area contributed by atoms with Gasteiger partial charge in [0.05, 0.1) is 13.3 Å². The number of hydrogen-bond acceptors (Lipinski definition) is 7. The Morgan fingerprint density at radius 1 is 1.15 bits per heavy atom. The zero-order valence-electron chi connectivity index (χ0n) is 15.8. The monoisotopic (exact) mass is 367 g/mol. The Labute approximate surface area is 158 Å². The minimum absolute atomic E-state index is 0.651. The van der Waals surface area contributed by atoms with Gasteiger partial charge in [-0.3, -0.25) is 0 Å². The lowest BCUT2D eigenvalue weighted by Crippen LogP contribution is -2.44. The minimum atomic E-state index is 0.651. The van der Waals surface area contributed by atoms with E-state index in [1.165, 1.54) is 0 Å². The van der Waals surface area contributed by atoms with Crippen molar-refractivity contribution in [3.63, 3.8) is 0 Å². The van der Waals surface area contributed by atoms with Crippen LogP contribution in [0, 0.1) is 0 Å². The summed E-state index contributed by atoms with van der Waals surface area (Å²) in [5.41, 5.74) is 3.15. The Balaban J connectivity index is 1.63. The van der Waals surface area contributed by atoms with Gasteiger partial charge in [-0.25, -0.2) is 0 Å². The largest absolute Gasteiger partial charge is 0.497 e. The maximum absolute atomic E-state index is 5.22. The van der Waals surface area contributed by atoms with Crippen LogP contribution in [0.1, 0.15) is 18.1 Å². The van der Waals surface area contributed by atoms with Crippen molar-refractivity contribution in [1.29, 1.82) is 0 Å². The normalized spacial score (nSPS) is 14.5. The van der Waals surface area contributed by atoms with Gasteiger partial charge in [0.15, 0.2) is 5.65 Å². The first-order valence-corrected chi connectivity index (χ1v) is 9.35. The Kier molecular flexibility index (Phi) is 5.06. The first-order valence-electron chi connectivity index (χ1n) is 9.35. The average molecular weight is 367 g/mol. The summed E-state index contributed by atoms with van der Waals surface area (Å²) < 4.78 is 7.02. The molecule has 1 aromatic carbocycles. The molecule has 27 heavy (non-hydrogen) atoms. The van der Waals surface area contributed by atoms with Crippen molar-refractivity contribution >= 4 is 17.5 Å². The van der Waals surface area contributed by atoms with Crippen molar-refractivity contribution in [3.05, 3.63) is 41.6 Å². The fourth-order valence-corrected chi connectivity index (χ4v) is 3.21. The zero-order valence-corrected chi connectivity index (χ0v) is 15.8. The van der Waals surface area contributed by atoms with Gasteiger partial charge in [0, 0.05) is 38.3 Å². The highest BCUT2D eigenvalue weighted by Crippen LogP contribution is 2.19. The number of benzene rings is 1. The molecule has 4 rings (SSSR count). The lowest BCUT2D eigenvalue weighted by molar-refractivity contribution is 0.414. The molecule has 3 aromatic rings. The highest BCUT2D eigenvalue weighted by atomic mass is 16.5. The Hall–Kier alpha value is -2.87. The number of ether oxygens (including phenoxy) is 1. The molecule has 0 unspecified atom stereocenters. The van der Waals surface area contributed by atoms with Crippen LogP contribution in [0.2, 0.25) is 0 Å². The van der Waals surface area contributed by atoms with Crippen molar-refractivity contribution in [2.24, 2.45) is 0 Å². The summed E-state index contributed by atoms with van der Waals surface area (Å²) in [4.78, 5) is 11.8. The number of nitrogens with one attached hydrogen (secondary N) is 2. The molecule has 0 amide bonds. The fourth-order valence-electron chi connectivity index (χ4n) is 3.21. The molecule has 1 fully saturated rings. The molecule has 0 saturated carbocycles. The number of fused-ring (bicyclic) bond motifs is 1. The highest BCUT2D eigenvalue weighted by molar-refractivity contribution is 5.55. The summed E-state index contributed by atoms with van der Waals surface area (Å²) in [6.07, 6.45) is 2.77. The Bertz CT molecular complexity index is 900. The summed E-state index contributed by atoms with van der Waals surface area (Å²) in [7, 11) is 1.67. The number of anilines is 2. The number of piperazine rings is 1. The van der Waals surface area contributed by atoms with E-state index in [-0.39, 0.29) is 0 Å². The number of nitrogens with zero attached hydrogens (tertiary/aromatic N) is 5. The summed E-state index contributed by atoms with van der Waals surface area (Å²) in [5.74, 6) is 2.32. The summed E-state index contributed by atoms with van der Waals surface area (Å²) in [5, 5.41) is 11.3. The second-order valence-corrected chi connectivity index (χ2v) is 6.54. The van der Waals surface area contributed by atoms with Gasteiger partial charge in [0.2, 0.25) is 11.9 Å². The van der Waals surface area contributed by atoms with Crippen LogP contribution in [-0.2, 0) is 13.0 Å². The van der Waals surface area contributed by atoms with Crippen LogP contribution in [0.15, 0.2) is 30.5 Å². The van der Waals surface area contributed by atoms with Crippen molar-refractivity contribution in [2.75, 3.05) is 43.5 Å². The van der Waals surface area contributed by atoms with Crippen molar-refractivity contribution in [2.45, 2.75) is 19.9 Å². The lowest BCUT2D eigenvalue weighted by atomic mass is 10.2. The predicted molar refractivity (Wildman–Crippen MR) is 106 cm³/mol. The Morgan fingerprint density at radius 2 is 1.93 bits per heavy atom. The molecular formula is C19H25N7O. The van der Waals surface area contributed by atoms with Gasteiger partial charge in [-0.1, -0.05) is 19.1 Å². The highest BCUT2D eigenvalue weighted by Gasteiger charge is 2.18. The molecule has 1 aliphatic rings. The molecule has 2 N–H and O–H groups in total. The van der Waals surface area contributed by atoms with Crippen LogP contribution in [-0.4, -0.2) is 52.9 Å². The number of aromatic nitrogens is 4. The summed E-state index contributed by atoms with van der Waals surface area (Å²) in [6.45, 7) is 6.48. The molecule has 0 aliphatic carbocycles. The molecule has 8 nitrogen and oxygen atoms in total. The van der Waals surface area contributed by atoms with Crippen molar-refractivity contribution in [1.82, 2.24) is 24.9 Å². The van der Waals surface area contributed by atoms with E-state index in [4.69, 9.17) is 14.7 Å². The van der Waals surface area contributed by atoms with Crippen molar-refractivity contribution in [3.8, 4) is 5.75 Å². The van der Waals surface area contributed by atoms with Crippen LogP contribution in [0.4, 0.5) is 11.9 Å². The maximum atomic E-state index is 5.22. The number of hydrogen-bond donors (Lipinski definition) is 2. The molecule has 0 atom stereocenters. The third-order valence-electron chi connectivity index (χ3n) is 4.82. The van der Waals surface area contributed by atoms with Gasteiger partial charge >= 0.3 is 0 Å². The van der Waals surface area contributed by atoms with Gasteiger partial charge in [-0.15, -0.1) is 0 Å². The van der Waals surface area contributed by atoms with Crippen LogP contribution in [0.25, 0.3) is 5.65 Å². The smallest absolute Gasteiger partial charge is 0.230 e. The summed E-state index contributed by atoms with van der Waals surface area (Å²) in [6, 6.07) is 8.01. The van der Waals surface area contributed by atoms with Crippen molar-refractivity contribution < 1.29 is 4.74 Å². The molecule has 8 heteroatoms. The predicted octanol–water partition coefficient (Wildman–Crippen LogP) is 1.72. The molecule has 1 aliphatic heterocycles. The van der Waals surface area contributed by atoms with E-state index < -0.39 is 0 Å². The molecule has 0 radical (unpaired) electrons. The topological polar surface area (TPSA) is 79.6 Å². The first kappa shape index (κ1) is 17.5. The lowest BCUT2D eigenvalue weighted by Gasteiger charge is -2.27.